The van der Waals surface area contributed by atoms with Crippen LogP contribution < -0.4 is 18.9 Å². The number of ether oxygens (including phenoxy) is 4. The smallest absolute Gasteiger partial charge is 0.203 e. The maximum absolute atomic E-state index is 10.3. The molecule has 0 aliphatic rings. The molecule has 1 N–H and O–H groups in total. The SMILES string of the molecule is COc1ccc(CN(C)C[C@H](O)COc2ccccc2C)c(OC)c1OC. The van der Waals surface area contributed by atoms with Crippen molar-refractivity contribution in [3.05, 3.63) is 47.5 Å². The van der Waals surface area contributed by atoms with Crippen molar-refractivity contribution in [3.8, 4) is 23.0 Å². The maximum atomic E-state index is 10.3. The molecule has 2 aromatic rings. The summed E-state index contributed by atoms with van der Waals surface area (Å²) in [7, 11) is 6.72. The van der Waals surface area contributed by atoms with Gasteiger partial charge in [-0.1, -0.05) is 24.3 Å². The molecule has 27 heavy (non-hydrogen) atoms. The summed E-state index contributed by atoms with van der Waals surface area (Å²) in [5, 5.41) is 10.3. The fourth-order valence-electron chi connectivity index (χ4n) is 2.96. The van der Waals surface area contributed by atoms with Crippen LogP contribution >= 0.6 is 0 Å². The van der Waals surface area contributed by atoms with Gasteiger partial charge in [0.1, 0.15) is 18.5 Å². The Morgan fingerprint density at radius 2 is 1.63 bits per heavy atom. The Labute approximate surface area is 161 Å². The van der Waals surface area contributed by atoms with Gasteiger partial charge in [-0.2, -0.15) is 0 Å². The highest BCUT2D eigenvalue weighted by atomic mass is 16.5. The fraction of sp³-hybridized carbons (Fsp3) is 0.429. The van der Waals surface area contributed by atoms with E-state index >= 15 is 0 Å². The predicted molar refractivity (Wildman–Crippen MR) is 105 cm³/mol. The van der Waals surface area contributed by atoms with Gasteiger partial charge in [-0.3, -0.25) is 4.90 Å². The van der Waals surface area contributed by atoms with E-state index in [1.807, 2.05) is 55.3 Å². The van der Waals surface area contributed by atoms with Crippen LogP contribution in [0.15, 0.2) is 36.4 Å². The number of para-hydroxylation sites is 1. The third-order valence-electron chi connectivity index (χ3n) is 4.27. The van der Waals surface area contributed by atoms with E-state index in [0.717, 1.165) is 16.9 Å². The first-order valence-corrected chi connectivity index (χ1v) is 8.83. The Bertz CT molecular complexity index is 735. The maximum Gasteiger partial charge on any atom is 0.203 e. The van der Waals surface area contributed by atoms with Crippen molar-refractivity contribution in [1.29, 1.82) is 0 Å². The monoisotopic (exact) mass is 375 g/mol. The Hall–Kier alpha value is -2.44. The number of aliphatic hydroxyl groups excluding tert-OH is 1. The molecule has 0 fully saturated rings. The van der Waals surface area contributed by atoms with Gasteiger partial charge in [-0.25, -0.2) is 0 Å². The van der Waals surface area contributed by atoms with Gasteiger partial charge in [-0.05, 0) is 31.7 Å². The first kappa shape index (κ1) is 20.9. The number of rotatable bonds is 10. The summed E-state index contributed by atoms with van der Waals surface area (Å²) in [5.41, 5.74) is 2.00. The van der Waals surface area contributed by atoms with E-state index in [1.165, 1.54) is 0 Å². The molecule has 0 radical (unpaired) electrons. The third kappa shape index (κ3) is 5.52. The molecule has 0 aromatic heterocycles. The van der Waals surface area contributed by atoms with E-state index in [4.69, 9.17) is 18.9 Å². The molecule has 0 amide bonds. The molecule has 0 heterocycles. The lowest BCUT2D eigenvalue weighted by molar-refractivity contribution is 0.0739. The van der Waals surface area contributed by atoms with E-state index in [0.29, 0.717) is 30.3 Å². The van der Waals surface area contributed by atoms with E-state index in [2.05, 4.69) is 0 Å². The molecule has 0 spiro atoms. The largest absolute Gasteiger partial charge is 0.493 e. The van der Waals surface area contributed by atoms with Gasteiger partial charge in [0.15, 0.2) is 11.5 Å². The van der Waals surface area contributed by atoms with Crippen LogP contribution in [0.4, 0.5) is 0 Å². The Morgan fingerprint density at radius 3 is 2.26 bits per heavy atom. The topological polar surface area (TPSA) is 60.4 Å². The van der Waals surface area contributed by atoms with E-state index < -0.39 is 6.10 Å². The number of aryl methyl sites for hydroxylation is 1. The molecule has 6 heteroatoms. The highest BCUT2D eigenvalue weighted by molar-refractivity contribution is 5.55. The normalized spacial score (nSPS) is 12.0. The van der Waals surface area contributed by atoms with E-state index in [1.54, 1.807) is 21.3 Å². The van der Waals surface area contributed by atoms with Crippen molar-refractivity contribution in [1.82, 2.24) is 4.90 Å². The minimum absolute atomic E-state index is 0.234. The first-order chi connectivity index (χ1) is 13.0. The number of benzene rings is 2. The Balaban J connectivity index is 1.96. The van der Waals surface area contributed by atoms with E-state index in [9.17, 15) is 5.11 Å². The quantitative estimate of drug-likeness (QED) is 0.689. The van der Waals surface area contributed by atoms with Gasteiger partial charge in [0.25, 0.3) is 0 Å². The summed E-state index contributed by atoms with van der Waals surface area (Å²) in [6, 6.07) is 11.6. The van der Waals surface area contributed by atoms with Crippen LogP contribution in [0.25, 0.3) is 0 Å². The molecule has 0 aliphatic heterocycles. The molecule has 0 bridgehead atoms. The van der Waals surface area contributed by atoms with E-state index in [-0.39, 0.29) is 6.61 Å². The molecule has 2 rings (SSSR count). The fourth-order valence-corrected chi connectivity index (χ4v) is 2.96. The number of hydrogen-bond acceptors (Lipinski definition) is 6. The highest BCUT2D eigenvalue weighted by Crippen LogP contribution is 2.40. The van der Waals surface area contributed by atoms with Gasteiger partial charge in [0, 0.05) is 18.7 Å². The zero-order valence-electron chi connectivity index (χ0n) is 16.7. The number of hydrogen-bond donors (Lipinski definition) is 1. The number of nitrogens with zero attached hydrogens (tertiary/aromatic N) is 1. The Morgan fingerprint density at radius 1 is 0.926 bits per heavy atom. The first-order valence-electron chi connectivity index (χ1n) is 8.83. The lowest BCUT2D eigenvalue weighted by atomic mass is 10.1. The summed E-state index contributed by atoms with van der Waals surface area (Å²) in [5.74, 6) is 2.61. The highest BCUT2D eigenvalue weighted by Gasteiger charge is 2.18. The van der Waals surface area contributed by atoms with Crippen LogP contribution in [0.3, 0.4) is 0 Å². The molecule has 0 aliphatic carbocycles. The van der Waals surface area contributed by atoms with Crippen molar-refractivity contribution in [2.24, 2.45) is 0 Å². The number of aliphatic hydroxyl groups is 1. The van der Waals surface area contributed by atoms with Crippen molar-refractivity contribution < 1.29 is 24.1 Å². The molecule has 1 atom stereocenters. The summed E-state index contributed by atoms with van der Waals surface area (Å²) in [4.78, 5) is 2.01. The zero-order valence-corrected chi connectivity index (χ0v) is 16.7. The summed E-state index contributed by atoms with van der Waals surface area (Å²) < 4.78 is 22.0. The van der Waals surface area contributed by atoms with Crippen LogP contribution in [-0.2, 0) is 6.54 Å². The van der Waals surface area contributed by atoms with Gasteiger partial charge in [0.05, 0.1) is 21.3 Å². The van der Waals surface area contributed by atoms with Crippen molar-refractivity contribution in [3.63, 3.8) is 0 Å². The van der Waals surface area contributed by atoms with Gasteiger partial charge in [-0.15, -0.1) is 0 Å². The molecular weight excluding hydrogens is 346 g/mol. The van der Waals surface area contributed by atoms with Gasteiger partial charge >= 0.3 is 0 Å². The lowest BCUT2D eigenvalue weighted by Gasteiger charge is -2.23. The van der Waals surface area contributed by atoms with Crippen molar-refractivity contribution in [2.75, 3.05) is 41.5 Å². The summed E-state index contributed by atoms with van der Waals surface area (Å²) in [6.07, 6.45) is -0.610. The minimum Gasteiger partial charge on any atom is -0.493 e. The average Bonchev–Trinajstić information content (AvgIpc) is 2.66. The van der Waals surface area contributed by atoms with Crippen LogP contribution in [0.5, 0.6) is 23.0 Å². The molecule has 148 valence electrons. The summed E-state index contributed by atoms with van der Waals surface area (Å²) in [6.45, 7) is 3.27. The molecule has 2 aromatic carbocycles. The third-order valence-corrected chi connectivity index (χ3v) is 4.27. The van der Waals surface area contributed by atoms with Crippen molar-refractivity contribution >= 4 is 0 Å². The zero-order chi connectivity index (χ0) is 19.8. The lowest BCUT2D eigenvalue weighted by Crippen LogP contribution is -2.33. The second-order valence-corrected chi connectivity index (χ2v) is 6.42. The predicted octanol–water partition coefficient (Wildman–Crippen LogP) is 2.89. The molecule has 0 saturated carbocycles. The second kappa shape index (κ2) is 10.0. The van der Waals surface area contributed by atoms with Crippen molar-refractivity contribution in [2.45, 2.75) is 19.6 Å². The number of likely N-dealkylation sites (N-methyl/N-ethyl adjacent to an activating group) is 1. The van der Waals surface area contributed by atoms with Crippen LogP contribution in [0.2, 0.25) is 0 Å². The average molecular weight is 375 g/mol. The van der Waals surface area contributed by atoms with Crippen LogP contribution in [0.1, 0.15) is 11.1 Å². The van der Waals surface area contributed by atoms with Gasteiger partial charge < -0.3 is 24.1 Å². The van der Waals surface area contributed by atoms with Crippen LogP contribution in [0, 0.1) is 6.92 Å². The van der Waals surface area contributed by atoms with Crippen LogP contribution in [-0.4, -0.2) is 57.6 Å². The Kier molecular flexibility index (Phi) is 7.76. The standard InChI is InChI=1S/C21H29NO5/c1-15-8-6-7-9-18(15)27-14-17(23)13-22(2)12-16-10-11-19(24-3)21(26-5)20(16)25-4/h6-11,17,23H,12-14H2,1-5H3/t17-/m0/s1. The summed E-state index contributed by atoms with van der Waals surface area (Å²) >= 11 is 0. The molecule has 6 nitrogen and oxygen atoms in total. The van der Waals surface area contributed by atoms with Gasteiger partial charge in [0.2, 0.25) is 5.75 Å². The minimum atomic E-state index is -0.610. The molecule has 0 unspecified atom stereocenters. The molecular formula is C21H29NO5. The second-order valence-electron chi connectivity index (χ2n) is 6.42. The number of methoxy groups -OCH3 is 3. The molecule has 0 saturated heterocycles.